The first-order valence-corrected chi connectivity index (χ1v) is 7.22. The molecular formula is C9H11BFN3O5S. The van der Waals surface area contributed by atoms with Gasteiger partial charge in [0.05, 0.1) is 5.75 Å². The number of hydrogen-bond donors (Lipinski definition) is 2. The summed E-state index contributed by atoms with van der Waals surface area (Å²) < 4.78 is 33.7. The van der Waals surface area contributed by atoms with Crippen LogP contribution in [-0.4, -0.2) is 53.8 Å². The molecule has 0 aromatic carbocycles. The van der Waals surface area contributed by atoms with Crippen molar-refractivity contribution in [2.75, 3.05) is 17.2 Å². The largest absolute Gasteiger partial charge is 0.491 e. The van der Waals surface area contributed by atoms with E-state index < -0.39 is 34.9 Å². The molecule has 1 aromatic heterocycles. The minimum Gasteiger partial charge on any atom is -0.423 e. The van der Waals surface area contributed by atoms with Crippen LogP contribution >= 0.6 is 0 Å². The number of rotatable bonds is 4. The number of aromatic nitrogens is 2. The first-order chi connectivity index (χ1) is 9.26. The predicted molar refractivity (Wildman–Crippen MR) is 67.2 cm³/mol. The molecule has 1 aliphatic rings. The molecule has 2 rings (SSSR count). The molecule has 20 heavy (non-hydrogen) atoms. The van der Waals surface area contributed by atoms with E-state index in [1.54, 1.807) is 0 Å². The summed E-state index contributed by atoms with van der Waals surface area (Å²) in [4.78, 5) is 20.5. The molecule has 1 saturated heterocycles. The molecule has 1 amide bonds. The average molecular weight is 303 g/mol. The molecule has 0 bridgehead atoms. The van der Waals surface area contributed by atoms with Gasteiger partial charge in [-0.1, -0.05) is 0 Å². The molecule has 0 aliphatic carbocycles. The highest BCUT2D eigenvalue weighted by atomic mass is 32.3. The maximum atomic E-state index is 12.6. The van der Waals surface area contributed by atoms with E-state index >= 15 is 0 Å². The van der Waals surface area contributed by atoms with Gasteiger partial charge in [0.25, 0.3) is 0 Å². The van der Waals surface area contributed by atoms with Crippen molar-refractivity contribution < 1.29 is 27.1 Å². The lowest BCUT2D eigenvalue weighted by molar-refractivity contribution is -0.117. The Hall–Kier alpha value is -1.59. The fourth-order valence-corrected chi connectivity index (χ4v) is 2.76. The monoisotopic (exact) mass is 303 g/mol. The Labute approximate surface area is 114 Å². The van der Waals surface area contributed by atoms with Gasteiger partial charge in [0.1, 0.15) is 0 Å². The molecule has 11 heteroatoms. The number of nitrogens with zero attached hydrogens (tertiary/aromatic N) is 3. The molecule has 8 nitrogen and oxygen atoms in total. The average Bonchev–Trinajstić information content (AvgIpc) is 2.67. The van der Waals surface area contributed by atoms with E-state index in [0.717, 1.165) is 17.3 Å². The minimum atomic E-state index is -4.64. The lowest BCUT2D eigenvalue weighted by atomic mass is 9.83. The van der Waals surface area contributed by atoms with Crippen molar-refractivity contribution in [3.05, 3.63) is 12.4 Å². The molecule has 0 radical (unpaired) electrons. The fourth-order valence-electron chi connectivity index (χ4n) is 1.97. The first-order valence-electron chi connectivity index (χ1n) is 5.67. The summed E-state index contributed by atoms with van der Waals surface area (Å²) in [7, 11) is -6.36. The molecule has 0 saturated carbocycles. The zero-order chi connectivity index (χ0) is 14.9. The summed E-state index contributed by atoms with van der Waals surface area (Å²) in [6, 6.07) is 0. The van der Waals surface area contributed by atoms with Crippen molar-refractivity contribution in [1.29, 1.82) is 0 Å². The molecule has 0 spiro atoms. The Kier molecular flexibility index (Phi) is 4.02. The molecule has 1 aromatic rings. The third-order valence-corrected chi connectivity index (χ3v) is 3.71. The van der Waals surface area contributed by atoms with Gasteiger partial charge >= 0.3 is 17.3 Å². The Balaban J connectivity index is 2.11. The van der Waals surface area contributed by atoms with Gasteiger partial charge in [-0.05, 0) is 0 Å². The van der Waals surface area contributed by atoms with Crippen LogP contribution in [-0.2, 0) is 15.0 Å². The van der Waals surface area contributed by atoms with Crippen molar-refractivity contribution in [1.82, 2.24) is 9.97 Å². The first kappa shape index (κ1) is 14.8. The number of halogens is 1. The second kappa shape index (κ2) is 5.42. The van der Waals surface area contributed by atoms with Crippen LogP contribution in [0.4, 0.5) is 9.83 Å². The molecule has 2 heterocycles. The normalized spacial score (nSPS) is 19.4. The highest BCUT2D eigenvalue weighted by Crippen LogP contribution is 2.23. The van der Waals surface area contributed by atoms with E-state index in [-0.39, 0.29) is 24.4 Å². The maximum absolute atomic E-state index is 12.6. The SMILES string of the molecule is O=C1CC(CS(=O)(=O)F)CN1c1ncc(B(O)O)cn1. The molecule has 1 fully saturated rings. The van der Waals surface area contributed by atoms with Crippen LogP contribution < -0.4 is 10.4 Å². The van der Waals surface area contributed by atoms with E-state index in [2.05, 4.69) is 9.97 Å². The Bertz CT molecular complexity index is 609. The van der Waals surface area contributed by atoms with E-state index in [4.69, 9.17) is 10.0 Å². The topological polar surface area (TPSA) is 121 Å². The summed E-state index contributed by atoms with van der Waals surface area (Å²) in [6.45, 7) is 0.00298. The predicted octanol–water partition coefficient (Wildman–Crippen LogP) is -2.19. The van der Waals surface area contributed by atoms with Gasteiger partial charge in [0, 0.05) is 36.7 Å². The van der Waals surface area contributed by atoms with Crippen LogP contribution in [0.2, 0.25) is 0 Å². The van der Waals surface area contributed by atoms with E-state index in [1.807, 2.05) is 0 Å². The van der Waals surface area contributed by atoms with Crippen LogP contribution in [0.15, 0.2) is 12.4 Å². The van der Waals surface area contributed by atoms with Gasteiger partial charge in [0.2, 0.25) is 11.9 Å². The van der Waals surface area contributed by atoms with Gasteiger partial charge in [-0.25, -0.2) is 9.97 Å². The number of carbonyl (C=O) groups is 1. The van der Waals surface area contributed by atoms with Crippen LogP contribution in [0.3, 0.4) is 0 Å². The molecule has 1 aliphatic heterocycles. The van der Waals surface area contributed by atoms with E-state index in [9.17, 15) is 17.1 Å². The third-order valence-electron chi connectivity index (χ3n) is 2.84. The number of amides is 1. The third kappa shape index (κ3) is 3.49. The van der Waals surface area contributed by atoms with E-state index in [1.165, 1.54) is 0 Å². The van der Waals surface area contributed by atoms with Gasteiger partial charge in [-0.2, -0.15) is 8.42 Å². The molecule has 1 atom stereocenters. The van der Waals surface area contributed by atoms with Crippen molar-refractivity contribution in [3.8, 4) is 0 Å². The lowest BCUT2D eigenvalue weighted by Crippen LogP contribution is -2.33. The maximum Gasteiger partial charge on any atom is 0.491 e. The quantitative estimate of drug-likeness (QED) is 0.478. The Morgan fingerprint density at radius 3 is 2.50 bits per heavy atom. The van der Waals surface area contributed by atoms with Gasteiger partial charge in [-0.3, -0.25) is 9.69 Å². The molecule has 108 valence electrons. The van der Waals surface area contributed by atoms with E-state index in [0.29, 0.717) is 0 Å². The number of carbonyl (C=O) groups excluding carboxylic acids is 1. The smallest absolute Gasteiger partial charge is 0.423 e. The van der Waals surface area contributed by atoms with Crippen molar-refractivity contribution in [3.63, 3.8) is 0 Å². The standard InChI is InChI=1S/C9H11BFN3O5S/c11-20(18,19)5-6-1-8(15)14(4-6)9-12-2-7(3-13-9)10(16)17/h2-3,6,16-17H,1,4-5H2. The van der Waals surface area contributed by atoms with Crippen LogP contribution in [0.5, 0.6) is 0 Å². The summed E-state index contributed by atoms with van der Waals surface area (Å²) in [5.41, 5.74) is 0.0586. The zero-order valence-electron chi connectivity index (χ0n) is 10.2. The van der Waals surface area contributed by atoms with Crippen LogP contribution in [0, 0.1) is 5.92 Å². The molecule has 1 unspecified atom stereocenters. The zero-order valence-corrected chi connectivity index (χ0v) is 11.0. The minimum absolute atomic E-state index is 0.00298. The van der Waals surface area contributed by atoms with Gasteiger partial charge in [0.15, 0.2) is 0 Å². The summed E-state index contributed by atoms with van der Waals surface area (Å²) in [5.74, 6) is -1.76. The number of hydrogen-bond acceptors (Lipinski definition) is 7. The second-order valence-electron chi connectivity index (χ2n) is 4.47. The fraction of sp³-hybridized carbons (Fsp3) is 0.444. The number of anilines is 1. The van der Waals surface area contributed by atoms with Crippen molar-refractivity contribution in [2.45, 2.75) is 6.42 Å². The lowest BCUT2D eigenvalue weighted by Gasteiger charge is -2.14. The summed E-state index contributed by atoms with van der Waals surface area (Å²) in [5, 5.41) is 17.8. The highest BCUT2D eigenvalue weighted by molar-refractivity contribution is 7.86. The van der Waals surface area contributed by atoms with Crippen molar-refractivity contribution in [2.24, 2.45) is 5.92 Å². The summed E-state index contributed by atoms with van der Waals surface area (Å²) >= 11 is 0. The van der Waals surface area contributed by atoms with Crippen LogP contribution in [0.25, 0.3) is 0 Å². The highest BCUT2D eigenvalue weighted by Gasteiger charge is 2.35. The van der Waals surface area contributed by atoms with Crippen LogP contribution in [0.1, 0.15) is 6.42 Å². The summed E-state index contributed by atoms with van der Waals surface area (Å²) in [6.07, 6.45) is 2.18. The molecule has 2 N–H and O–H groups in total. The molecular weight excluding hydrogens is 292 g/mol. The van der Waals surface area contributed by atoms with Crippen molar-refractivity contribution >= 4 is 34.7 Å². The second-order valence-corrected chi connectivity index (χ2v) is 5.88. The Morgan fingerprint density at radius 2 is 2.00 bits per heavy atom. The Morgan fingerprint density at radius 1 is 1.40 bits per heavy atom. The van der Waals surface area contributed by atoms with Gasteiger partial charge < -0.3 is 10.0 Å². The van der Waals surface area contributed by atoms with Gasteiger partial charge in [-0.15, -0.1) is 3.89 Å².